The van der Waals surface area contributed by atoms with E-state index in [-0.39, 0.29) is 17.7 Å². The number of piperidine rings is 1. The van der Waals surface area contributed by atoms with Crippen LogP contribution >= 0.6 is 0 Å². The number of nitrogens with zero attached hydrogens (tertiary/aromatic N) is 3. The molecule has 2 aliphatic heterocycles. The smallest absolute Gasteiger partial charge is 0.227 e. The first-order chi connectivity index (χ1) is 12.1. The lowest BCUT2D eigenvalue weighted by molar-refractivity contribution is -0.140. The zero-order valence-electron chi connectivity index (χ0n) is 15.1. The summed E-state index contributed by atoms with van der Waals surface area (Å²) in [6.45, 7) is 6.09. The van der Waals surface area contributed by atoms with Crippen LogP contribution in [0.15, 0.2) is 24.3 Å². The van der Waals surface area contributed by atoms with Crippen LogP contribution in [0.25, 0.3) is 0 Å². The largest absolute Gasteiger partial charge is 0.497 e. The minimum atomic E-state index is -0.0369. The van der Waals surface area contributed by atoms with E-state index in [1.807, 2.05) is 17.0 Å². The van der Waals surface area contributed by atoms with E-state index >= 15 is 0 Å². The van der Waals surface area contributed by atoms with Crippen LogP contribution in [0.2, 0.25) is 0 Å². The van der Waals surface area contributed by atoms with Gasteiger partial charge in [0.1, 0.15) is 5.75 Å². The highest BCUT2D eigenvalue weighted by molar-refractivity contribution is 5.81. The molecule has 136 valence electrons. The third-order valence-corrected chi connectivity index (χ3v) is 5.24. The average molecular weight is 345 g/mol. The molecule has 6 heteroatoms. The van der Waals surface area contributed by atoms with E-state index in [0.717, 1.165) is 57.0 Å². The average Bonchev–Trinajstić information content (AvgIpc) is 2.67. The second-order valence-corrected chi connectivity index (χ2v) is 6.81. The molecule has 25 heavy (non-hydrogen) atoms. The number of benzene rings is 1. The molecule has 0 unspecified atom stereocenters. The maximum atomic E-state index is 12.8. The van der Waals surface area contributed by atoms with Crippen molar-refractivity contribution in [2.24, 2.45) is 5.92 Å². The highest BCUT2D eigenvalue weighted by Gasteiger charge is 2.31. The van der Waals surface area contributed by atoms with E-state index in [1.165, 1.54) is 0 Å². The Morgan fingerprint density at radius 2 is 1.68 bits per heavy atom. The number of anilines is 1. The van der Waals surface area contributed by atoms with Crippen LogP contribution < -0.4 is 9.64 Å². The van der Waals surface area contributed by atoms with Gasteiger partial charge in [-0.3, -0.25) is 9.59 Å². The van der Waals surface area contributed by atoms with Gasteiger partial charge < -0.3 is 19.4 Å². The van der Waals surface area contributed by atoms with E-state index in [4.69, 9.17) is 4.74 Å². The summed E-state index contributed by atoms with van der Waals surface area (Å²) in [6.07, 6.45) is 1.81. The van der Waals surface area contributed by atoms with Gasteiger partial charge >= 0.3 is 0 Å². The monoisotopic (exact) mass is 345 g/mol. The lowest BCUT2D eigenvalue weighted by Crippen LogP contribution is -2.53. The first-order valence-corrected chi connectivity index (χ1v) is 9.02. The fourth-order valence-corrected chi connectivity index (χ4v) is 3.70. The van der Waals surface area contributed by atoms with Gasteiger partial charge in [0.2, 0.25) is 11.8 Å². The summed E-state index contributed by atoms with van der Waals surface area (Å²) in [5, 5.41) is 0. The van der Waals surface area contributed by atoms with Crippen LogP contribution in [0.3, 0.4) is 0 Å². The number of likely N-dealkylation sites (tertiary alicyclic amines) is 1. The summed E-state index contributed by atoms with van der Waals surface area (Å²) in [7, 11) is 1.66. The van der Waals surface area contributed by atoms with E-state index in [9.17, 15) is 9.59 Å². The number of methoxy groups -OCH3 is 1. The number of hydrogen-bond acceptors (Lipinski definition) is 4. The summed E-state index contributed by atoms with van der Waals surface area (Å²) in [5.74, 6) is 1.09. The van der Waals surface area contributed by atoms with Crippen molar-refractivity contribution in [1.82, 2.24) is 9.80 Å². The van der Waals surface area contributed by atoms with Crippen molar-refractivity contribution in [3.8, 4) is 5.75 Å². The molecule has 0 spiro atoms. The molecule has 2 aliphatic rings. The zero-order valence-corrected chi connectivity index (χ0v) is 15.1. The molecule has 2 amide bonds. The first-order valence-electron chi connectivity index (χ1n) is 9.02. The fraction of sp³-hybridized carbons (Fsp3) is 0.579. The second-order valence-electron chi connectivity index (χ2n) is 6.81. The number of carbonyl (C=O) groups is 2. The molecule has 1 atom stereocenters. The number of hydrogen-bond donors (Lipinski definition) is 0. The summed E-state index contributed by atoms with van der Waals surface area (Å²) >= 11 is 0. The number of carbonyl (C=O) groups excluding carboxylic acids is 2. The predicted octanol–water partition coefficient (Wildman–Crippen LogP) is 1.60. The van der Waals surface area contributed by atoms with Gasteiger partial charge in [0.25, 0.3) is 0 Å². The van der Waals surface area contributed by atoms with Crippen molar-refractivity contribution in [2.45, 2.75) is 19.8 Å². The maximum absolute atomic E-state index is 12.8. The normalized spacial score (nSPS) is 21.2. The SMILES string of the molecule is COc1ccc(N2CCN(C(=O)[C@@H]3CCCN(C(C)=O)C3)CC2)cc1. The molecule has 1 aromatic rings. The molecule has 2 heterocycles. The van der Waals surface area contributed by atoms with Gasteiger partial charge in [-0.2, -0.15) is 0 Å². The standard InChI is InChI=1S/C19H27N3O3/c1-15(23)22-9-3-4-16(14-22)19(24)21-12-10-20(11-13-21)17-5-7-18(25-2)8-6-17/h5-8,16H,3-4,9-14H2,1-2H3/t16-/m1/s1. The van der Waals surface area contributed by atoms with Crippen LogP contribution in [0.4, 0.5) is 5.69 Å². The molecule has 0 aliphatic carbocycles. The number of rotatable bonds is 3. The Morgan fingerprint density at radius 1 is 1.00 bits per heavy atom. The summed E-state index contributed by atoms with van der Waals surface area (Å²) in [6, 6.07) is 8.04. The van der Waals surface area contributed by atoms with Gasteiger partial charge in [0.05, 0.1) is 13.0 Å². The van der Waals surface area contributed by atoms with Gasteiger partial charge in [-0.05, 0) is 37.1 Å². The molecule has 6 nitrogen and oxygen atoms in total. The van der Waals surface area contributed by atoms with E-state index < -0.39 is 0 Å². The summed E-state index contributed by atoms with van der Waals surface area (Å²) in [4.78, 5) is 30.4. The van der Waals surface area contributed by atoms with Crippen molar-refractivity contribution in [2.75, 3.05) is 51.3 Å². The fourth-order valence-electron chi connectivity index (χ4n) is 3.70. The lowest BCUT2D eigenvalue weighted by atomic mass is 9.96. The summed E-state index contributed by atoms with van der Waals surface area (Å²) in [5.41, 5.74) is 1.16. The van der Waals surface area contributed by atoms with Crippen molar-refractivity contribution < 1.29 is 14.3 Å². The molecule has 0 saturated carbocycles. The molecule has 3 rings (SSSR count). The minimum absolute atomic E-state index is 0.0369. The highest BCUT2D eigenvalue weighted by atomic mass is 16.5. The van der Waals surface area contributed by atoms with E-state index in [0.29, 0.717) is 6.54 Å². The molecule has 0 N–H and O–H groups in total. The first kappa shape index (κ1) is 17.6. The van der Waals surface area contributed by atoms with Gasteiger partial charge in [-0.1, -0.05) is 0 Å². The van der Waals surface area contributed by atoms with Crippen LogP contribution in [0.1, 0.15) is 19.8 Å². The van der Waals surface area contributed by atoms with Crippen LogP contribution in [0.5, 0.6) is 5.75 Å². The number of amides is 2. The van der Waals surface area contributed by atoms with Crippen molar-refractivity contribution >= 4 is 17.5 Å². The van der Waals surface area contributed by atoms with Gasteiger partial charge in [-0.15, -0.1) is 0 Å². The third kappa shape index (κ3) is 4.06. The van der Waals surface area contributed by atoms with Crippen LogP contribution in [-0.4, -0.2) is 68.0 Å². The minimum Gasteiger partial charge on any atom is -0.497 e. The molecule has 0 bridgehead atoms. The molecule has 0 aromatic heterocycles. The molecular formula is C19H27N3O3. The van der Waals surface area contributed by atoms with Crippen molar-refractivity contribution in [3.05, 3.63) is 24.3 Å². The Balaban J connectivity index is 1.54. The quantitative estimate of drug-likeness (QED) is 0.835. The maximum Gasteiger partial charge on any atom is 0.227 e. The van der Waals surface area contributed by atoms with Gasteiger partial charge in [0, 0.05) is 51.9 Å². The zero-order chi connectivity index (χ0) is 17.8. The Hall–Kier alpha value is -2.24. The molecular weight excluding hydrogens is 318 g/mol. The number of piperazine rings is 1. The number of ether oxygens (including phenoxy) is 1. The third-order valence-electron chi connectivity index (χ3n) is 5.24. The predicted molar refractivity (Wildman–Crippen MR) is 96.8 cm³/mol. The van der Waals surface area contributed by atoms with Gasteiger partial charge in [-0.25, -0.2) is 0 Å². The topological polar surface area (TPSA) is 53.1 Å². The van der Waals surface area contributed by atoms with Crippen molar-refractivity contribution in [3.63, 3.8) is 0 Å². The molecule has 1 aromatic carbocycles. The molecule has 0 radical (unpaired) electrons. The summed E-state index contributed by atoms with van der Waals surface area (Å²) < 4.78 is 5.20. The van der Waals surface area contributed by atoms with Crippen LogP contribution in [-0.2, 0) is 9.59 Å². The molecule has 2 saturated heterocycles. The van der Waals surface area contributed by atoms with Crippen molar-refractivity contribution in [1.29, 1.82) is 0 Å². The Labute approximate surface area is 149 Å². The Kier molecular flexibility index (Phi) is 5.46. The van der Waals surface area contributed by atoms with E-state index in [2.05, 4.69) is 17.0 Å². The van der Waals surface area contributed by atoms with E-state index in [1.54, 1.807) is 18.9 Å². The second kappa shape index (κ2) is 7.76. The Morgan fingerprint density at radius 3 is 2.28 bits per heavy atom. The highest BCUT2D eigenvalue weighted by Crippen LogP contribution is 2.23. The van der Waals surface area contributed by atoms with Crippen LogP contribution in [0, 0.1) is 5.92 Å². The van der Waals surface area contributed by atoms with Gasteiger partial charge in [0.15, 0.2) is 0 Å². The Bertz CT molecular complexity index is 609. The molecule has 2 fully saturated rings. The lowest BCUT2D eigenvalue weighted by Gasteiger charge is -2.39.